The lowest BCUT2D eigenvalue weighted by Gasteiger charge is -2.06. The fourth-order valence-corrected chi connectivity index (χ4v) is 1.68. The molecular formula is C12H22N4. The normalized spacial score (nSPS) is 17.6. The number of hydrogen-bond donors (Lipinski definition) is 1. The van der Waals surface area contributed by atoms with Gasteiger partial charge in [0.2, 0.25) is 0 Å². The molecule has 2 rings (SSSR count). The maximum absolute atomic E-state index is 4.17. The smallest absolute Gasteiger partial charge is 0.0964 e. The Hall–Kier alpha value is -0.900. The molecule has 1 atom stereocenters. The minimum atomic E-state index is 0.675. The molecule has 0 saturated heterocycles. The van der Waals surface area contributed by atoms with Crippen LogP contribution in [-0.2, 0) is 13.1 Å². The van der Waals surface area contributed by atoms with Crippen molar-refractivity contribution in [1.82, 2.24) is 20.3 Å². The predicted octanol–water partition coefficient (Wildman–Crippen LogP) is 1.82. The Balaban J connectivity index is 1.72. The Kier molecular flexibility index (Phi) is 3.93. The van der Waals surface area contributed by atoms with E-state index >= 15 is 0 Å². The Labute approximate surface area is 97.4 Å². The van der Waals surface area contributed by atoms with E-state index in [0.29, 0.717) is 5.92 Å². The first-order valence-electron chi connectivity index (χ1n) is 6.37. The highest BCUT2D eigenvalue weighted by atomic mass is 15.4. The van der Waals surface area contributed by atoms with E-state index in [1.807, 2.05) is 4.68 Å². The van der Waals surface area contributed by atoms with Gasteiger partial charge < -0.3 is 5.32 Å². The zero-order valence-electron chi connectivity index (χ0n) is 10.3. The van der Waals surface area contributed by atoms with Gasteiger partial charge in [-0.2, -0.15) is 0 Å². The summed E-state index contributed by atoms with van der Waals surface area (Å²) < 4.78 is 1.96. The molecule has 1 aromatic rings. The van der Waals surface area contributed by atoms with Gasteiger partial charge in [0, 0.05) is 19.3 Å². The summed E-state index contributed by atoms with van der Waals surface area (Å²) in [4.78, 5) is 0. The summed E-state index contributed by atoms with van der Waals surface area (Å²) in [5.41, 5.74) is 1.06. The molecule has 1 fully saturated rings. The topological polar surface area (TPSA) is 42.7 Å². The third-order valence-corrected chi connectivity index (χ3v) is 3.22. The molecular weight excluding hydrogens is 200 g/mol. The summed E-state index contributed by atoms with van der Waals surface area (Å²) in [5, 5.41) is 11.7. The highest BCUT2D eigenvalue weighted by molar-refractivity contribution is 4.92. The van der Waals surface area contributed by atoms with Crippen molar-refractivity contribution in [2.45, 2.75) is 46.2 Å². The van der Waals surface area contributed by atoms with Gasteiger partial charge >= 0.3 is 0 Å². The molecule has 4 nitrogen and oxygen atoms in total. The zero-order chi connectivity index (χ0) is 11.4. The number of nitrogens with zero attached hydrogens (tertiary/aromatic N) is 3. The molecule has 1 heterocycles. The molecule has 0 amide bonds. The van der Waals surface area contributed by atoms with Crippen molar-refractivity contribution in [3.63, 3.8) is 0 Å². The van der Waals surface area contributed by atoms with E-state index in [9.17, 15) is 0 Å². The van der Waals surface area contributed by atoms with E-state index in [0.717, 1.165) is 31.2 Å². The molecule has 0 bridgehead atoms. The Bertz CT molecular complexity index is 317. The minimum Gasteiger partial charge on any atom is -0.311 e. The lowest BCUT2D eigenvalue weighted by atomic mass is 10.1. The van der Waals surface area contributed by atoms with Crippen LogP contribution in [0.3, 0.4) is 0 Å². The molecule has 0 aromatic carbocycles. The molecule has 90 valence electrons. The van der Waals surface area contributed by atoms with E-state index in [1.165, 1.54) is 19.3 Å². The summed E-state index contributed by atoms with van der Waals surface area (Å²) >= 11 is 0. The fraction of sp³-hybridized carbons (Fsp3) is 0.833. The van der Waals surface area contributed by atoms with Gasteiger partial charge in [0.25, 0.3) is 0 Å². The van der Waals surface area contributed by atoms with E-state index in [4.69, 9.17) is 0 Å². The summed E-state index contributed by atoms with van der Waals surface area (Å²) in [6.45, 7) is 7.42. The van der Waals surface area contributed by atoms with Crippen LogP contribution >= 0.6 is 0 Å². The van der Waals surface area contributed by atoms with Crippen LogP contribution in [0.15, 0.2) is 6.20 Å². The van der Waals surface area contributed by atoms with E-state index in [1.54, 1.807) is 0 Å². The minimum absolute atomic E-state index is 0.675. The highest BCUT2D eigenvalue weighted by Crippen LogP contribution is 2.27. The maximum atomic E-state index is 4.17. The molecule has 1 aliphatic carbocycles. The van der Waals surface area contributed by atoms with Gasteiger partial charge in [-0.25, -0.2) is 0 Å². The van der Waals surface area contributed by atoms with Crippen LogP contribution in [0.4, 0.5) is 0 Å². The van der Waals surface area contributed by atoms with Crippen molar-refractivity contribution in [2.24, 2.45) is 11.8 Å². The van der Waals surface area contributed by atoms with Gasteiger partial charge in [-0.15, -0.1) is 5.10 Å². The Morgan fingerprint density at radius 3 is 3.06 bits per heavy atom. The van der Waals surface area contributed by atoms with Crippen molar-refractivity contribution >= 4 is 0 Å². The number of rotatable bonds is 7. The first-order valence-corrected chi connectivity index (χ1v) is 6.37. The fourth-order valence-electron chi connectivity index (χ4n) is 1.68. The van der Waals surface area contributed by atoms with E-state index in [2.05, 4.69) is 35.7 Å². The van der Waals surface area contributed by atoms with Gasteiger partial charge in [0.15, 0.2) is 0 Å². The number of hydrogen-bond acceptors (Lipinski definition) is 3. The molecule has 1 N–H and O–H groups in total. The second-order valence-electron chi connectivity index (χ2n) is 5.02. The summed E-state index contributed by atoms with van der Waals surface area (Å²) in [5.74, 6) is 1.60. The second-order valence-corrected chi connectivity index (χ2v) is 5.02. The third kappa shape index (κ3) is 3.59. The van der Waals surface area contributed by atoms with Crippen LogP contribution in [-0.4, -0.2) is 21.5 Å². The summed E-state index contributed by atoms with van der Waals surface area (Å²) in [6.07, 6.45) is 6.04. The van der Waals surface area contributed by atoms with Crippen molar-refractivity contribution in [1.29, 1.82) is 0 Å². The molecule has 0 spiro atoms. The first-order chi connectivity index (χ1) is 7.78. The molecule has 0 radical (unpaired) electrons. The monoisotopic (exact) mass is 222 g/mol. The van der Waals surface area contributed by atoms with Crippen molar-refractivity contribution < 1.29 is 0 Å². The van der Waals surface area contributed by atoms with Gasteiger partial charge in [-0.3, -0.25) is 4.68 Å². The molecule has 4 heteroatoms. The quantitative estimate of drug-likeness (QED) is 0.765. The van der Waals surface area contributed by atoms with Crippen LogP contribution in [0.5, 0.6) is 0 Å². The van der Waals surface area contributed by atoms with Crippen LogP contribution in [0.1, 0.15) is 38.8 Å². The van der Waals surface area contributed by atoms with Gasteiger partial charge in [-0.1, -0.05) is 25.5 Å². The number of nitrogens with one attached hydrogen (secondary N) is 1. The Morgan fingerprint density at radius 2 is 2.38 bits per heavy atom. The molecule has 1 saturated carbocycles. The van der Waals surface area contributed by atoms with Crippen LogP contribution in [0, 0.1) is 11.8 Å². The first kappa shape index (κ1) is 11.6. The van der Waals surface area contributed by atoms with Gasteiger partial charge in [-0.05, 0) is 31.2 Å². The maximum Gasteiger partial charge on any atom is 0.0964 e. The third-order valence-electron chi connectivity index (χ3n) is 3.22. The molecule has 1 aliphatic rings. The highest BCUT2D eigenvalue weighted by Gasteiger charge is 2.20. The second kappa shape index (κ2) is 5.43. The largest absolute Gasteiger partial charge is 0.311 e. The molecule has 1 aromatic heterocycles. The summed E-state index contributed by atoms with van der Waals surface area (Å²) in [6, 6.07) is 0. The molecule has 16 heavy (non-hydrogen) atoms. The van der Waals surface area contributed by atoms with E-state index < -0.39 is 0 Å². The van der Waals surface area contributed by atoms with Crippen molar-refractivity contribution in [3.05, 3.63) is 11.9 Å². The summed E-state index contributed by atoms with van der Waals surface area (Å²) in [7, 11) is 0. The molecule has 0 aliphatic heterocycles. The lowest BCUT2D eigenvalue weighted by molar-refractivity contribution is 0.431. The van der Waals surface area contributed by atoms with Gasteiger partial charge in [0.1, 0.15) is 0 Å². The van der Waals surface area contributed by atoms with Crippen molar-refractivity contribution in [3.8, 4) is 0 Å². The van der Waals surface area contributed by atoms with E-state index in [-0.39, 0.29) is 0 Å². The van der Waals surface area contributed by atoms with Crippen LogP contribution < -0.4 is 5.32 Å². The predicted molar refractivity (Wildman–Crippen MR) is 63.9 cm³/mol. The van der Waals surface area contributed by atoms with Crippen LogP contribution in [0.25, 0.3) is 0 Å². The average molecular weight is 222 g/mol. The standard InChI is InChI=1S/C12H22N4/c1-3-10(2)8-16-9-12(14-15-16)7-13-6-11-4-5-11/h9-11,13H,3-8H2,1-2H3. The van der Waals surface area contributed by atoms with Crippen molar-refractivity contribution in [2.75, 3.05) is 6.54 Å². The average Bonchev–Trinajstić information content (AvgIpc) is 2.99. The van der Waals surface area contributed by atoms with Crippen LogP contribution in [0.2, 0.25) is 0 Å². The van der Waals surface area contributed by atoms with Gasteiger partial charge in [0.05, 0.1) is 5.69 Å². The number of aromatic nitrogens is 3. The Morgan fingerprint density at radius 1 is 1.56 bits per heavy atom. The molecule has 1 unspecified atom stereocenters. The SMILES string of the molecule is CCC(C)Cn1cc(CNCC2CC2)nn1. The lowest BCUT2D eigenvalue weighted by Crippen LogP contribution is -2.16. The zero-order valence-corrected chi connectivity index (χ0v) is 10.3.